The van der Waals surface area contributed by atoms with E-state index in [0.717, 1.165) is 21.0 Å². The Morgan fingerprint density at radius 3 is 2.76 bits per heavy atom. The molecule has 4 rings (SSSR count). The van der Waals surface area contributed by atoms with Gasteiger partial charge in [0.15, 0.2) is 11.5 Å². The van der Waals surface area contributed by atoms with Crippen molar-refractivity contribution in [3.05, 3.63) is 39.8 Å². The summed E-state index contributed by atoms with van der Waals surface area (Å²) in [6.07, 6.45) is -0.0583. The van der Waals surface area contributed by atoms with Crippen molar-refractivity contribution in [3.8, 4) is 11.5 Å². The molecule has 2 amide bonds. The highest BCUT2D eigenvalue weighted by molar-refractivity contribution is 7.16. The maximum absolute atomic E-state index is 12.9. The second-order valence-corrected chi connectivity index (χ2v) is 7.85. The van der Waals surface area contributed by atoms with Crippen LogP contribution in [-0.4, -0.2) is 44.3 Å². The molecule has 0 saturated heterocycles. The van der Waals surface area contributed by atoms with Gasteiger partial charge >= 0.3 is 6.09 Å². The molecule has 8 nitrogen and oxygen atoms in total. The lowest BCUT2D eigenvalue weighted by Crippen LogP contribution is -2.39. The number of amides is 2. The highest BCUT2D eigenvalue weighted by Gasteiger charge is 2.34. The van der Waals surface area contributed by atoms with E-state index < -0.39 is 0 Å². The van der Waals surface area contributed by atoms with Crippen molar-refractivity contribution in [1.82, 2.24) is 10.2 Å². The van der Waals surface area contributed by atoms with E-state index in [0.29, 0.717) is 43.2 Å². The number of anilines is 1. The Hall–Kier alpha value is -2.94. The van der Waals surface area contributed by atoms with Crippen LogP contribution >= 0.6 is 11.3 Å². The van der Waals surface area contributed by atoms with Crippen LogP contribution in [0.3, 0.4) is 0 Å². The number of hydrogen-bond donors (Lipinski definition) is 2. The summed E-state index contributed by atoms with van der Waals surface area (Å²) in [5, 5.41) is 7.26. The smallest absolute Gasteiger partial charge is 0.410 e. The maximum atomic E-state index is 12.9. The van der Waals surface area contributed by atoms with Gasteiger partial charge in [0.25, 0.3) is 5.91 Å². The zero-order valence-electron chi connectivity index (χ0n) is 16.5. The second kappa shape index (κ2) is 7.82. The fraction of sp³-hybridized carbons (Fsp3) is 0.400. The zero-order valence-corrected chi connectivity index (χ0v) is 17.4. The molecule has 2 aliphatic heterocycles. The molecule has 2 aromatic rings. The van der Waals surface area contributed by atoms with Crippen LogP contribution in [0.15, 0.2) is 18.2 Å². The minimum absolute atomic E-state index is 0.111. The third kappa shape index (κ3) is 3.46. The van der Waals surface area contributed by atoms with E-state index in [-0.39, 0.29) is 18.2 Å². The van der Waals surface area contributed by atoms with Crippen LogP contribution in [0.2, 0.25) is 0 Å². The van der Waals surface area contributed by atoms with Crippen LogP contribution in [0.5, 0.6) is 11.5 Å². The first-order valence-electron chi connectivity index (χ1n) is 9.41. The molecular formula is C20H23N3O5S. The largest absolute Gasteiger partial charge is 0.493 e. The van der Waals surface area contributed by atoms with Crippen molar-refractivity contribution in [3.63, 3.8) is 0 Å². The Kier molecular flexibility index (Phi) is 5.23. The molecule has 3 heterocycles. The fourth-order valence-corrected chi connectivity index (χ4v) is 4.97. The molecule has 2 N–H and O–H groups in total. The molecule has 29 heavy (non-hydrogen) atoms. The number of methoxy groups -OCH3 is 2. The van der Waals surface area contributed by atoms with Crippen LogP contribution in [-0.2, 0) is 17.7 Å². The van der Waals surface area contributed by atoms with Gasteiger partial charge in [-0.1, -0.05) is 6.07 Å². The summed E-state index contributed by atoms with van der Waals surface area (Å²) in [7, 11) is 3.16. The number of nitrogens with zero attached hydrogens (tertiary/aromatic N) is 1. The standard InChI is InChI=1S/C20H23N3O5S/c1-4-28-20(25)23-8-7-12-15(10-23)29-19-16(12)18(24)21-17(22-19)11-5-6-13(26-2)14(9-11)27-3/h5-6,9,17,22H,4,7-8,10H2,1-3H3,(H,21,24)/t17-/m0/s1. The topological polar surface area (TPSA) is 89.1 Å². The number of benzene rings is 1. The Morgan fingerprint density at radius 2 is 2.03 bits per heavy atom. The van der Waals surface area contributed by atoms with E-state index in [4.69, 9.17) is 14.2 Å². The van der Waals surface area contributed by atoms with Crippen molar-refractivity contribution in [2.45, 2.75) is 26.1 Å². The maximum Gasteiger partial charge on any atom is 0.410 e. The molecule has 1 atom stereocenters. The van der Waals surface area contributed by atoms with Crippen LogP contribution in [0.1, 0.15) is 39.5 Å². The average Bonchev–Trinajstić information content (AvgIpc) is 3.11. The van der Waals surface area contributed by atoms with Gasteiger partial charge in [0.1, 0.15) is 11.2 Å². The molecule has 1 aromatic carbocycles. The van der Waals surface area contributed by atoms with Crippen molar-refractivity contribution < 1.29 is 23.8 Å². The third-order valence-corrected chi connectivity index (χ3v) is 6.25. The van der Waals surface area contributed by atoms with Gasteiger partial charge < -0.3 is 29.7 Å². The van der Waals surface area contributed by atoms with Crippen LogP contribution in [0, 0.1) is 0 Å². The number of fused-ring (bicyclic) bond motifs is 3. The monoisotopic (exact) mass is 417 g/mol. The molecule has 2 aliphatic rings. The van der Waals surface area contributed by atoms with Crippen LogP contribution in [0.25, 0.3) is 0 Å². The number of ether oxygens (including phenoxy) is 3. The number of rotatable bonds is 4. The molecule has 0 unspecified atom stereocenters. The van der Waals surface area contributed by atoms with Gasteiger partial charge in [-0.3, -0.25) is 4.79 Å². The summed E-state index contributed by atoms with van der Waals surface area (Å²) in [5.74, 6) is 1.12. The van der Waals surface area contributed by atoms with Gasteiger partial charge in [0.2, 0.25) is 0 Å². The van der Waals surface area contributed by atoms with Gasteiger partial charge in [0.05, 0.1) is 32.9 Å². The number of hydrogen-bond acceptors (Lipinski definition) is 7. The van der Waals surface area contributed by atoms with Crippen molar-refractivity contribution >= 4 is 28.3 Å². The van der Waals surface area contributed by atoms with Gasteiger partial charge in [0, 0.05) is 11.4 Å². The Morgan fingerprint density at radius 1 is 1.24 bits per heavy atom. The number of thiophene rings is 1. The minimum atomic E-state index is -0.379. The predicted octanol–water partition coefficient (Wildman–Crippen LogP) is 3.13. The van der Waals surface area contributed by atoms with Gasteiger partial charge in [-0.25, -0.2) is 4.79 Å². The van der Waals surface area contributed by atoms with E-state index in [9.17, 15) is 9.59 Å². The normalized spacial score (nSPS) is 17.6. The third-order valence-electron chi connectivity index (χ3n) is 5.10. The molecule has 154 valence electrons. The minimum Gasteiger partial charge on any atom is -0.493 e. The summed E-state index contributed by atoms with van der Waals surface area (Å²) in [4.78, 5) is 27.6. The van der Waals surface area contributed by atoms with E-state index in [1.54, 1.807) is 26.0 Å². The van der Waals surface area contributed by atoms with E-state index >= 15 is 0 Å². The number of nitrogens with one attached hydrogen (secondary N) is 2. The van der Waals surface area contributed by atoms with Gasteiger partial charge in [-0.05, 0) is 36.6 Å². The molecule has 0 aliphatic carbocycles. The molecule has 0 bridgehead atoms. The first-order chi connectivity index (χ1) is 14.0. The first kappa shape index (κ1) is 19.4. The SMILES string of the molecule is CCOC(=O)N1CCc2c(sc3c2C(=O)N[C@H](c2ccc(OC)c(OC)c2)N3)C1. The lowest BCUT2D eigenvalue weighted by Gasteiger charge is -2.28. The lowest BCUT2D eigenvalue weighted by molar-refractivity contribution is 0.0934. The summed E-state index contributed by atoms with van der Waals surface area (Å²) >= 11 is 1.52. The molecule has 0 spiro atoms. The fourth-order valence-electron chi connectivity index (χ4n) is 3.69. The van der Waals surface area contributed by atoms with Crippen LogP contribution < -0.4 is 20.1 Å². The number of carbonyl (C=O) groups is 2. The van der Waals surface area contributed by atoms with Gasteiger partial charge in [-0.15, -0.1) is 11.3 Å². The molecule has 1 aromatic heterocycles. The summed E-state index contributed by atoms with van der Waals surface area (Å²) < 4.78 is 15.8. The quantitative estimate of drug-likeness (QED) is 0.795. The molecular weight excluding hydrogens is 394 g/mol. The molecule has 0 fully saturated rings. The Balaban J connectivity index is 1.60. The zero-order chi connectivity index (χ0) is 20.5. The lowest BCUT2D eigenvalue weighted by atomic mass is 10.0. The highest BCUT2D eigenvalue weighted by atomic mass is 32.1. The number of carbonyl (C=O) groups excluding carboxylic acids is 2. The predicted molar refractivity (Wildman–Crippen MR) is 109 cm³/mol. The summed E-state index contributed by atoms with van der Waals surface area (Å²) in [6.45, 7) is 3.14. The van der Waals surface area contributed by atoms with E-state index in [2.05, 4.69) is 10.6 Å². The Labute approximate surface area is 172 Å². The average molecular weight is 417 g/mol. The van der Waals surface area contributed by atoms with Crippen molar-refractivity contribution in [2.75, 3.05) is 32.7 Å². The Bertz CT molecular complexity index is 958. The van der Waals surface area contributed by atoms with Crippen molar-refractivity contribution in [2.24, 2.45) is 0 Å². The molecule has 0 saturated carbocycles. The van der Waals surface area contributed by atoms with Crippen molar-refractivity contribution in [1.29, 1.82) is 0 Å². The summed E-state index contributed by atoms with van der Waals surface area (Å²) in [6, 6.07) is 5.55. The first-order valence-corrected chi connectivity index (χ1v) is 10.2. The van der Waals surface area contributed by atoms with Gasteiger partial charge in [-0.2, -0.15) is 0 Å². The van der Waals surface area contributed by atoms with E-state index in [1.807, 2.05) is 18.2 Å². The summed E-state index contributed by atoms with van der Waals surface area (Å²) in [5.41, 5.74) is 2.56. The molecule has 0 radical (unpaired) electrons. The molecule has 9 heteroatoms. The second-order valence-electron chi connectivity index (χ2n) is 6.74. The van der Waals surface area contributed by atoms with E-state index in [1.165, 1.54) is 11.3 Å². The highest BCUT2D eigenvalue weighted by Crippen LogP contribution is 2.41. The van der Waals surface area contributed by atoms with Crippen LogP contribution in [0.4, 0.5) is 9.80 Å².